The summed E-state index contributed by atoms with van der Waals surface area (Å²) < 4.78 is 11.5. The monoisotopic (exact) mass is 269 g/mol. The molecule has 3 rings (SSSR count). The van der Waals surface area contributed by atoms with Crippen molar-refractivity contribution >= 4 is 5.91 Å². The normalized spacial score (nSPS) is 20.6. The van der Waals surface area contributed by atoms with Crippen molar-refractivity contribution in [1.29, 1.82) is 0 Å². The molecule has 4 nitrogen and oxygen atoms in total. The summed E-state index contributed by atoms with van der Waals surface area (Å²) in [6.45, 7) is 2.03. The molecule has 0 unspecified atom stereocenters. The summed E-state index contributed by atoms with van der Waals surface area (Å²) in [6.07, 6.45) is 0. The molecule has 4 heteroatoms. The van der Waals surface area contributed by atoms with Gasteiger partial charge in [0.1, 0.15) is 18.1 Å². The van der Waals surface area contributed by atoms with Crippen molar-refractivity contribution in [2.24, 2.45) is 0 Å². The van der Waals surface area contributed by atoms with Gasteiger partial charge >= 0.3 is 0 Å². The number of benzene rings is 2. The minimum atomic E-state index is -0.874. The van der Waals surface area contributed by atoms with E-state index in [2.05, 4.69) is 5.32 Å². The first kappa shape index (κ1) is 12.5. The minimum Gasteiger partial charge on any atom is -0.487 e. The van der Waals surface area contributed by atoms with Crippen molar-refractivity contribution in [1.82, 2.24) is 5.32 Å². The molecule has 0 radical (unpaired) electrons. The van der Waals surface area contributed by atoms with Crippen LogP contribution in [0.25, 0.3) is 0 Å². The van der Waals surface area contributed by atoms with Gasteiger partial charge in [-0.25, -0.2) is 0 Å². The maximum Gasteiger partial charge on any atom is 0.258 e. The molecule has 102 valence electrons. The zero-order valence-electron chi connectivity index (χ0n) is 11.1. The lowest BCUT2D eigenvalue weighted by Crippen LogP contribution is -2.57. The van der Waals surface area contributed by atoms with E-state index < -0.39 is 5.72 Å². The Kier molecular flexibility index (Phi) is 3.06. The van der Waals surface area contributed by atoms with E-state index in [1.165, 1.54) is 0 Å². The molecule has 0 saturated carbocycles. The standard InChI is InChI=1S/C16H15NO3/c1-16(11-19-12-7-3-2-4-8-12)17-15(18)13-9-5-6-10-14(13)20-16/h2-10H,11H2,1H3,(H,17,18)/t16-/m1/s1. The van der Waals surface area contributed by atoms with Crippen molar-refractivity contribution in [3.05, 3.63) is 60.2 Å². The molecule has 20 heavy (non-hydrogen) atoms. The molecule has 0 bridgehead atoms. The Balaban J connectivity index is 1.76. The van der Waals surface area contributed by atoms with E-state index in [0.717, 1.165) is 5.75 Å². The molecule has 1 aliphatic heterocycles. The van der Waals surface area contributed by atoms with Crippen LogP contribution >= 0.6 is 0 Å². The Hall–Kier alpha value is -2.49. The van der Waals surface area contributed by atoms with E-state index in [4.69, 9.17) is 9.47 Å². The van der Waals surface area contributed by atoms with Crippen LogP contribution in [0.4, 0.5) is 0 Å². The lowest BCUT2D eigenvalue weighted by atomic mass is 10.1. The lowest BCUT2D eigenvalue weighted by molar-refractivity contribution is -0.00163. The quantitative estimate of drug-likeness (QED) is 0.931. The Morgan fingerprint density at radius 2 is 1.80 bits per heavy atom. The van der Waals surface area contributed by atoms with Crippen molar-refractivity contribution in [3.63, 3.8) is 0 Å². The molecule has 0 saturated heterocycles. The van der Waals surface area contributed by atoms with Crippen LogP contribution in [0.15, 0.2) is 54.6 Å². The van der Waals surface area contributed by atoms with E-state index in [9.17, 15) is 4.79 Å². The predicted octanol–water partition coefficient (Wildman–Crippen LogP) is 2.60. The number of carbonyl (C=O) groups is 1. The number of amides is 1. The van der Waals surface area contributed by atoms with Gasteiger partial charge in [-0.3, -0.25) is 4.79 Å². The maximum atomic E-state index is 12.1. The van der Waals surface area contributed by atoms with Gasteiger partial charge < -0.3 is 14.8 Å². The van der Waals surface area contributed by atoms with Crippen molar-refractivity contribution in [2.75, 3.05) is 6.61 Å². The van der Waals surface area contributed by atoms with Gasteiger partial charge in [-0.05, 0) is 31.2 Å². The fourth-order valence-electron chi connectivity index (χ4n) is 2.12. The van der Waals surface area contributed by atoms with Crippen LogP contribution in [0.5, 0.6) is 11.5 Å². The Labute approximate surface area is 117 Å². The van der Waals surface area contributed by atoms with Gasteiger partial charge in [0.15, 0.2) is 0 Å². The topological polar surface area (TPSA) is 47.6 Å². The van der Waals surface area contributed by atoms with E-state index in [-0.39, 0.29) is 12.5 Å². The molecule has 0 fully saturated rings. The summed E-state index contributed by atoms with van der Waals surface area (Å²) >= 11 is 0. The zero-order valence-corrected chi connectivity index (χ0v) is 11.1. The Morgan fingerprint density at radius 1 is 1.10 bits per heavy atom. The van der Waals surface area contributed by atoms with E-state index in [1.807, 2.05) is 42.5 Å². The second kappa shape index (κ2) is 4.89. The van der Waals surface area contributed by atoms with Crippen LogP contribution in [0, 0.1) is 0 Å². The second-order valence-corrected chi connectivity index (χ2v) is 4.88. The Morgan fingerprint density at radius 3 is 2.60 bits per heavy atom. The summed E-state index contributed by atoms with van der Waals surface area (Å²) in [5.74, 6) is 1.17. The fourth-order valence-corrected chi connectivity index (χ4v) is 2.12. The SMILES string of the molecule is C[C@@]1(COc2ccccc2)NC(=O)c2ccccc2O1. The van der Waals surface area contributed by atoms with Crippen LogP contribution < -0.4 is 14.8 Å². The number of carbonyl (C=O) groups excluding carboxylic acids is 1. The average Bonchev–Trinajstić information content (AvgIpc) is 2.46. The smallest absolute Gasteiger partial charge is 0.258 e. The lowest BCUT2D eigenvalue weighted by Gasteiger charge is -2.35. The van der Waals surface area contributed by atoms with E-state index in [0.29, 0.717) is 11.3 Å². The van der Waals surface area contributed by atoms with Crippen LogP contribution in [-0.4, -0.2) is 18.2 Å². The number of para-hydroxylation sites is 2. The van der Waals surface area contributed by atoms with Gasteiger partial charge in [0.25, 0.3) is 5.91 Å². The number of fused-ring (bicyclic) bond motifs is 1. The van der Waals surface area contributed by atoms with Crippen LogP contribution in [0.2, 0.25) is 0 Å². The van der Waals surface area contributed by atoms with Crippen LogP contribution in [0.3, 0.4) is 0 Å². The Bertz CT molecular complexity index is 627. The van der Waals surface area contributed by atoms with Crippen molar-refractivity contribution in [2.45, 2.75) is 12.6 Å². The average molecular weight is 269 g/mol. The first-order valence-corrected chi connectivity index (χ1v) is 6.45. The van der Waals surface area contributed by atoms with E-state index >= 15 is 0 Å². The molecular formula is C16H15NO3. The molecule has 0 spiro atoms. The zero-order chi connectivity index (χ0) is 14.0. The molecule has 1 aliphatic rings. The van der Waals surface area contributed by atoms with Crippen molar-refractivity contribution < 1.29 is 14.3 Å². The predicted molar refractivity (Wildman–Crippen MR) is 74.9 cm³/mol. The third-order valence-corrected chi connectivity index (χ3v) is 3.10. The highest BCUT2D eigenvalue weighted by Gasteiger charge is 2.36. The summed E-state index contributed by atoms with van der Waals surface area (Å²) in [6, 6.07) is 16.6. The first-order chi connectivity index (χ1) is 9.66. The van der Waals surface area contributed by atoms with Gasteiger partial charge in [-0.15, -0.1) is 0 Å². The van der Waals surface area contributed by atoms with E-state index in [1.54, 1.807) is 19.1 Å². The third-order valence-electron chi connectivity index (χ3n) is 3.10. The summed E-state index contributed by atoms with van der Waals surface area (Å²) in [4.78, 5) is 12.1. The molecule has 1 atom stereocenters. The maximum absolute atomic E-state index is 12.1. The number of ether oxygens (including phenoxy) is 2. The summed E-state index contributed by atoms with van der Waals surface area (Å²) in [5, 5.41) is 2.83. The van der Waals surface area contributed by atoms with Crippen LogP contribution in [0.1, 0.15) is 17.3 Å². The van der Waals surface area contributed by atoms with Crippen LogP contribution in [-0.2, 0) is 0 Å². The summed E-state index contributed by atoms with van der Waals surface area (Å²) in [5.41, 5.74) is -0.328. The summed E-state index contributed by atoms with van der Waals surface area (Å²) in [7, 11) is 0. The molecular weight excluding hydrogens is 254 g/mol. The second-order valence-electron chi connectivity index (χ2n) is 4.88. The first-order valence-electron chi connectivity index (χ1n) is 6.45. The van der Waals surface area contributed by atoms with Gasteiger partial charge in [0.05, 0.1) is 5.56 Å². The molecule has 0 aromatic heterocycles. The van der Waals surface area contributed by atoms with Gasteiger partial charge in [-0.1, -0.05) is 30.3 Å². The fraction of sp³-hybridized carbons (Fsp3) is 0.188. The molecule has 2 aromatic carbocycles. The number of rotatable bonds is 3. The number of nitrogens with one attached hydrogen (secondary N) is 1. The molecule has 1 amide bonds. The molecule has 2 aromatic rings. The largest absolute Gasteiger partial charge is 0.487 e. The highest BCUT2D eigenvalue weighted by molar-refractivity contribution is 5.98. The van der Waals surface area contributed by atoms with Gasteiger partial charge in [0.2, 0.25) is 5.72 Å². The minimum absolute atomic E-state index is 0.147. The molecule has 1 heterocycles. The molecule has 0 aliphatic carbocycles. The highest BCUT2D eigenvalue weighted by Crippen LogP contribution is 2.27. The number of hydrogen-bond acceptors (Lipinski definition) is 3. The highest BCUT2D eigenvalue weighted by atomic mass is 16.6. The van der Waals surface area contributed by atoms with Crippen molar-refractivity contribution in [3.8, 4) is 11.5 Å². The third kappa shape index (κ3) is 2.45. The molecule has 1 N–H and O–H groups in total. The van der Waals surface area contributed by atoms with Gasteiger partial charge in [-0.2, -0.15) is 0 Å². The number of hydrogen-bond donors (Lipinski definition) is 1. The van der Waals surface area contributed by atoms with Gasteiger partial charge in [0, 0.05) is 0 Å².